The highest BCUT2D eigenvalue weighted by molar-refractivity contribution is 5.91. The van der Waals surface area contributed by atoms with Crippen molar-refractivity contribution in [2.45, 2.75) is 64.6 Å². The second kappa shape index (κ2) is 7.99. The maximum Gasteiger partial charge on any atom is 0.239 e. The molecule has 2 atom stereocenters. The Morgan fingerprint density at radius 2 is 2.00 bits per heavy atom. The molecular weight excluding hydrogens is 318 g/mol. The standard InChI is InChI=1S/C18H29N5O2/c1-3-10-23-17(8-9-19-23)20-18(25)13-21-11-4-6-15(21)16-7-5-12-22(16)14(2)24/h8-9,15-16H,3-7,10-13H2,1-2H3,(H,20,25)/t15-,16+/m1/s1. The molecule has 0 spiro atoms. The van der Waals surface area contributed by atoms with Crippen LogP contribution in [0, 0.1) is 0 Å². The molecule has 2 fully saturated rings. The Morgan fingerprint density at radius 3 is 2.76 bits per heavy atom. The monoisotopic (exact) mass is 347 g/mol. The highest BCUT2D eigenvalue weighted by atomic mass is 16.2. The molecule has 2 saturated heterocycles. The first-order valence-corrected chi connectivity index (χ1v) is 9.43. The van der Waals surface area contributed by atoms with Gasteiger partial charge in [-0.2, -0.15) is 5.10 Å². The first-order valence-electron chi connectivity index (χ1n) is 9.43. The molecular formula is C18H29N5O2. The van der Waals surface area contributed by atoms with E-state index in [1.165, 1.54) is 0 Å². The van der Waals surface area contributed by atoms with Crippen LogP contribution in [-0.4, -0.2) is 63.1 Å². The van der Waals surface area contributed by atoms with Crippen molar-refractivity contribution in [2.24, 2.45) is 0 Å². The van der Waals surface area contributed by atoms with Crippen molar-refractivity contribution in [3.05, 3.63) is 12.3 Å². The molecule has 2 aliphatic heterocycles. The quantitative estimate of drug-likeness (QED) is 0.850. The first-order chi connectivity index (χ1) is 12.1. The third kappa shape index (κ3) is 4.03. The molecule has 0 bridgehead atoms. The summed E-state index contributed by atoms with van der Waals surface area (Å²) in [5, 5.41) is 7.23. The van der Waals surface area contributed by atoms with Crippen molar-refractivity contribution in [3.63, 3.8) is 0 Å². The van der Waals surface area contributed by atoms with Crippen LogP contribution in [0.3, 0.4) is 0 Å². The van der Waals surface area contributed by atoms with Crippen LogP contribution in [0.4, 0.5) is 5.82 Å². The summed E-state index contributed by atoms with van der Waals surface area (Å²) < 4.78 is 1.83. The average molecular weight is 347 g/mol. The molecule has 25 heavy (non-hydrogen) atoms. The fraction of sp³-hybridized carbons (Fsp3) is 0.722. The molecule has 0 unspecified atom stereocenters. The van der Waals surface area contributed by atoms with Crippen LogP contribution in [0.5, 0.6) is 0 Å². The number of likely N-dealkylation sites (tertiary alicyclic amines) is 2. The lowest BCUT2D eigenvalue weighted by Crippen LogP contribution is -2.49. The van der Waals surface area contributed by atoms with Gasteiger partial charge >= 0.3 is 0 Å². The highest BCUT2D eigenvalue weighted by Gasteiger charge is 2.39. The van der Waals surface area contributed by atoms with Crippen LogP contribution in [0.25, 0.3) is 0 Å². The van der Waals surface area contributed by atoms with Gasteiger partial charge in [0.1, 0.15) is 5.82 Å². The topological polar surface area (TPSA) is 70.5 Å². The predicted octanol–water partition coefficient (Wildman–Crippen LogP) is 1.71. The molecule has 7 heteroatoms. The fourth-order valence-corrected chi connectivity index (χ4v) is 4.26. The summed E-state index contributed by atoms with van der Waals surface area (Å²) in [5.74, 6) is 0.910. The van der Waals surface area contributed by atoms with E-state index >= 15 is 0 Å². The zero-order chi connectivity index (χ0) is 17.8. The van der Waals surface area contributed by atoms with Gasteiger partial charge in [0, 0.05) is 38.2 Å². The minimum atomic E-state index is -0.00266. The lowest BCUT2D eigenvalue weighted by Gasteiger charge is -2.34. The summed E-state index contributed by atoms with van der Waals surface area (Å²) in [5.41, 5.74) is 0. The second-order valence-corrected chi connectivity index (χ2v) is 7.09. The second-order valence-electron chi connectivity index (χ2n) is 7.09. The van der Waals surface area contributed by atoms with Gasteiger partial charge in [-0.3, -0.25) is 14.5 Å². The number of nitrogens with zero attached hydrogens (tertiary/aromatic N) is 4. The third-order valence-electron chi connectivity index (χ3n) is 5.33. The smallest absolute Gasteiger partial charge is 0.239 e. The van der Waals surface area contributed by atoms with Crippen molar-refractivity contribution in [1.82, 2.24) is 19.6 Å². The Bertz CT molecular complexity index is 614. The summed E-state index contributed by atoms with van der Waals surface area (Å²) in [7, 11) is 0. The normalized spacial score (nSPS) is 24.0. The summed E-state index contributed by atoms with van der Waals surface area (Å²) in [6.07, 6.45) is 6.96. The van der Waals surface area contributed by atoms with Gasteiger partial charge in [0.2, 0.25) is 11.8 Å². The van der Waals surface area contributed by atoms with Crippen LogP contribution >= 0.6 is 0 Å². The van der Waals surface area contributed by atoms with E-state index in [0.717, 1.165) is 57.6 Å². The zero-order valence-corrected chi connectivity index (χ0v) is 15.3. The number of hydrogen-bond donors (Lipinski definition) is 1. The van der Waals surface area contributed by atoms with Gasteiger partial charge in [0.25, 0.3) is 0 Å². The summed E-state index contributed by atoms with van der Waals surface area (Å²) >= 11 is 0. The van der Waals surface area contributed by atoms with Crippen LogP contribution in [0.15, 0.2) is 12.3 Å². The molecule has 3 rings (SSSR count). The van der Waals surface area contributed by atoms with Crippen molar-refractivity contribution >= 4 is 17.6 Å². The zero-order valence-electron chi connectivity index (χ0n) is 15.3. The van der Waals surface area contributed by atoms with E-state index in [9.17, 15) is 9.59 Å². The van der Waals surface area contributed by atoms with Crippen molar-refractivity contribution in [1.29, 1.82) is 0 Å². The first kappa shape index (κ1) is 17.9. The number of rotatable bonds is 6. The molecule has 2 amide bonds. The minimum Gasteiger partial charge on any atom is -0.338 e. The Labute approximate surface area is 149 Å². The Hall–Kier alpha value is -1.89. The lowest BCUT2D eigenvalue weighted by atomic mass is 10.0. The minimum absolute atomic E-state index is 0.00266. The fourth-order valence-electron chi connectivity index (χ4n) is 4.26. The molecule has 2 aliphatic rings. The van der Waals surface area contributed by atoms with Gasteiger partial charge in [-0.15, -0.1) is 0 Å². The summed E-state index contributed by atoms with van der Waals surface area (Å²) in [6.45, 7) is 6.69. The molecule has 0 aromatic carbocycles. The largest absolute Gasteiger partial charge is 0.338 e. The molecule has 0 saturated carbocycles. The maximum atomic E-state index is 12.5. The van der Waals surface area contributed by atoms with E-state index in [1.807, 2.05) is 15.6 Å². The van der Waals surface area contributed by atoms with Crippen molar-refractivity contribution in [2.75, 3.05) is 25.0 Å². The van der Waals surface area contributed by atoms with E-state index in [4.69, 9.17) is 0 Å². The van der Waals surface area contributed by atoms with Crippen LogP contribution in [0.2, 0.25) is 0 Å². The number of carbonyl (C=O) groups is 2. The molecule has 3 heterocycles. The van der Waals surface area contributed by atoms with E-state index in [2.05, 4.69) is 22.2 Å². The van der Waals surface area contributed by atoms with Gasteiger partial charge in [-0.05, 0) is 38.6 Å². The number of anilines is 1. The van der Waals surface area contributed by atoms with Gasteiger partial charge in [0.05, 0.1) is 12.7 Å². The molecule has 1 N–H and O–H groups in total. The number of hydrogen-bond acceptors (Lipinski definition) is 4. The summed E-state index contributed by atoms with van der Waals surface area (Å²) in [4.78, 5) is 28.6. The van der Waals surface area contributed by atoms with E-state index in [1.54, 1.807) is 13.1 Å². The van der Waals surface area contributed by atoms with E-state index in [0.29, 0.717) is 12.6 Å². The molecule has 0 aliphatic carbocycles. The highest BCUT2D eigenvalue weighted by Crippen LogP contribution is 2.29. The van der Waals surface area contributed by atoms with Gasteiger partial charge in [-0.1, -0.05) is 6.92 Å². The van der Waals surface area contributed by atoms with E-state index < -0.39 is 0 Å². The molecule has 1 aromatic heterocycles. The number of aromatic nitrogens is 2. The van der Waals surface area contributed by atoms with Crippen LogP contribution in [-0.2, 0) is 16.1 Å². The van der Waals surface area contributed by atoms with E-state index in [-0.39, 0.29) is 17.9 Å². The average Bonchev–Trinajstić information content (AvgIpc) is 3.28. The number of aryl methyl sites for hydroxylation is 1. The molecule has 1 aromatic rings. The molecule has 7 nitrogen and oxygen atoms in total. The Kier molecular flexibility index (Phi) is 5.73. The van der Waals surface area contributed by atoms with Crippen LogP contribution < -0.4 is 5.32 Å². The van der Waals surface area contributed by atoms with Gasteiger partial charge in [-0.25, -0.2) is 4.68 Å². The molecule has 138 valence electrons. The Morgan fingerprint density at radius 1 is 1.24 bits per heavy atom. The van der Waals surface area contributed by atoms with Crippen LogP contribution in [0.1, 0.15) is 46.0 Å². The predicted molar refractivity (Wildman–Crippen MR) is 96.2 cm³/mol. The summed E-state index contributed by atoms with van der Waals surface area (Å²) in [6, 6.07) is 2.40. The van der Waals surface area contributed by atoms with Crippen molar-refractivity contribution < 1.29 is 9.59 Å². The number of nitrogens with one attached hydrogen (secondary N) is 1. The van der Waals surface area contributed by atoms with Gasteiger partial charge < -0.3 is 10.2 Å². The lowest BCUT2D eigenvalue weighted by molar-refractivity contribution is -0.130. The molecule has 0 radical (unpaired) electrons. The van der Waals surface area contributed by atoms with Gasteiger partial charge in [0.15, 0.2) is 0 Å². The Balaban J connectivity index is 1.60. The third-order valence-corrected chi connectivity index (χ3v) is 5.33. The SMILES string of the molecule is CCCn1nccc1NC(=O)CN1CCC[C@@H]1[C@@H]1CCCN1C(C)=O. The number of amides is 2. The number of carbonyl (C=O) groups excluding carboxylic acids is 2. The van der Waals surface area contributed by atoms with Crippen molar-refractivity contribution in [3.8, 4) is 0 Å². The maximum absolute atomic E-state index is 12.5.